The Morgan fingerprint density at radius 2 is 1.72 bits per heavy atom. The van der Waals surface area contributed by atoms with Crippen molar-refractivity contribution in [2.45, 2.75) is 40.5 Å². The number of morpholine rings is 1. The van der Waals surface area contributed by atoms with E-state index >= 15 is 0 Å². The van der Waals surface area contributed by atoms with Crippen molar-refractivity contribution in [3.8, 4) is 16.9 Å². The molecule has 50 heavy (non-hydrogen) atoms. The largest absolute Gasteiger partial charge is 0.494 e. The van der Waals surface area contributed by atoms with Gasteiger partial charge in [0.1, 0.15) is 11.4 Å². The topological polar surface area (TPSA) is 111 Å². The number of anilines is 2. The highest BCUT2D eigenvalue weighted by Crippen LogP contribution is 2.40. The fourth-order valence-corrected chi connectivity index (χ4v) is 7.07. The summed E-state index contributed by atoms with van der Waals surface area (Å²) in [4.78, 5) is 32.4. The SMILES string of the molecule is COC(=O)c1ccc(NC(=O)c2[nH]c3c(-c4c(C)nn(C)c4C)c(Cl)ccc3c2CCCOc2cc(C)c(Cl)c(C)c2)cc1N1CCOCC1. The molecule has 0 atom stereocenters. The summed E-state index contributed by atoms with van der Waals surface area (Å²) in [7, 11) is 3.26. The van der Waals surface area contributed by atoms with Crippen molar-refractivity contribution >= 4 is 57.4 Å². The van der Waals surface area contributed by atoms with Gasteiger partial charge in [0.05, 0.1) is 54.4 Å². The van der Waals surface area contributed by atoms with E-state index in [1.807, 2.05) is 69.8 Å². The van der Waals surface area contributed by atoms with Crippen LogP contribution in [0.4, 0.5) is 11.4 Å². The molecule has 1 aliphatic heterocycles. The van der Waals surface area contributed by atoms with E-state index in [1.165, 1.54) is 7.11 Å². The Balaban J connectivity index is 1.37. The number of benzene rings is 3. The van der Waals surface area contributed by atoms with Gasteiger partial charge in [0, 0.05) is 53.1 Å². The van der Waals surface area contributed by atoms with Crippen molar-refractivity contribution in [3.63, 3.8) is 0 Å². The van der Waals surface area contributed by atoms with Crippen LogP contribution in [0.25, 0.3) is 22.0 Å². The number of carbonyl (C=O) groups excluding carboxylic acids is 2. The molecule has 6 rings (SSSR count). The van der Waals surface area contributed by atoms with Crippen molar-refractivity contribution in [2.75, 3.05) is 50.2 Å². The summed E-state index contributed by atoms with van der Waals surface area (Å²) in [6, 6.07) is 12.9. The van der Waals surface area contributed by atoms with Crippen LogP contribution in [0.1, 0.15) is 55.3 Å². The molecule has 262 valence electrons. The van der Waals surface area contributed by atoms with Crippen LogP contribution in [0, 0.1) is 27.7 Å². The van der Waals surface area contributed by atoms with Gasteiger partial charge in [-0.25, -0.2) is 4.79 Å². The van der Waals surface area contributed by atoms with Crippen molar-refractivity contribution in [3.05, 3.63) is 91.8 Å². The highest BCUT2D eigenvalue weighted by Gasteiger charge is 2.25. The minimum atomic E-state index is -0.446. The first-order valence-corrected chi connectivity index (χ1v) is 17.3. The number of hydrogen-bond donors (Lipinski definition) is 2. The summed E-state index contributed by atoms with van der Waals surface area (Å²) in [6.45, 7) is 10.6. The van der Waals surface area contributed by atoms with Crippen LogP contribution >= 0.6 is 23.2 Å². The van der Waals surface area contributed by atoms with Crippen molar-refractivity contribution < 1.29 is 23.8 Å². The van der Waals surface area contributed by atoms with Gasteiger partial charge < -0.3 is 29.4 Å². The second kappa shape index (κ2) is 14.8. The van der Waals surface area contributed by atoms with Crippen LogP contribution in [-0.4, -0.2) is 66.7 Å². The van der Waals surface area contributed by atoms with E-state index in [1.54, 1.807) is 12.1 Å². The molecule has 0 bridgehead atoms. The molecule has 2 aromatic heterocycles. The Morgan fingerprint density at radius 3 is 2.38 bits per heavy atom. The number of nitrogens with one attached hydrogen (secondary N) is 2. The lowest BCUT2D eigenvalue weighted by Gasteiger charge is -2.30. The number of aromatic amines is 1. The minimum Gasteiger partial charge on any atom is -0.494 e. The summed E-state index contributed by atoms with van der Waals surface area (Å²) in [5.74, 6) is -0.00955. The fraction of sp³-hybridized carbons (Fsp3) is 0.342. The molecule has 10 nitrogen and oxygen atoms in total. The van der Waals surface area contributed by atoms with Crippen LogP contribution in [-0.2, 0) is 22.9 Å². The van der Waals surface area contributed by atoms with Crippen molar-refractivity contribution in [1.82, 2.24) is 14.8 Å². The first-order chi connectivity index (χ1) is 24.0. The van der Waals surface area contributed by atoms with Crippen LogP contribution in [0.3, 0.4) is 0 Å². The van der Waals surface area contributed by atoms with Gasteiger partial charge in [-0.05, 0) is 93.6 Å². The molecule has 1 amide bonds. The average molecular weight is 719 g/mol. The second-order valence-corrected chi connectivity index (χ2v) is 13.4. The van der Waals surface area contributed by atoms with Crippen LogP contribution in [0.2, 0.25) is 10.0 Å². The third-order valence-corrected chi connectivity index (χ3v) is 10.2. The number of rotatable bonds is 10. The molecule has 1 saturated heterocycles. The first kappa shape index (κ1) is 35.3. The number of H-pyrrole nitrogens is 1. The monoisotopic (exact) mass is 717 g/mol. The van der Waals surface area contributed by atoms with Gasteiger partial charge in [-0.2, -0.15) is 5.10 Å². The predicted octanol–water partition coefficient (Wildman–Crippen LogP) is 8.00. The maximum absolute atomic E-state index is 14.2. The third-order valence-electron chi connectivity index (χ3n) is 9.28. The number of aryl methyl sites for hydroxylation is 5. The number of methoxy groups -OCH3 is 1. The third kappa shape index (κ3) is 6.92. The lowest BCUT2D eigenvalue weighted by Crippen LogP contribution is -2.37. The molecule has 0 aliphatic carbocycles. The number of aromatic nitrogens is 3. The standard InChI is InChI=1S/C38H41Cl2N5O5/c1-21-18-26(19-22(2)34(21)40)50-15-7-8-27-28-11-12-30(39)33(32-23(3)43-44(5)24(32)4)35(28)42-36(27)37(46)41-25-9-10-29(38(47)48-6)31(20-25)45-13-16-49-17-14-45/h9-12,18-20,42H,7-8,13-17H2,1-6H3,(H,41,46). The molecule has 5 aromatic rings. The second-order valence-electron chi connectivity index (χ2n) is 12.6. The number of esters is 1. The lowest BCUT2D eigenvalue weighted by molar-refractivity contribution is 0.0600. The Morgan fingerprint density at radius 1 is 1.00 bits per heavy atom. The summed E-state index contributed by atoms with van der Waals surface area (Å²) in [5.41, 5.74) is 9.11. The van der Waals surface area contributed by atoms with Crippen molar-refractivity contribution in [2.24, 2.45) is 7.05 Å². The number of ether oxygens (including phenoxy) is 3. The number of hydrogen-bond acceptors (Lipinski definition) is 7. The number of nitrogens with zero attached hydrogens (tertiary/aromatic N) is 3. The summed E-state index contributed by atoms with van der Waals surface area (Å²) in [5, 5.41) is 9.90. The Kier molecular flexibility index (Phi) is 10.4. The van der Waals surface area contributed by atoms with Crippen LogP contribution in [0.15, 0.2) is 42.5 Å². The zero-order valence-corrected chi connectivity index (χ0v) is 30.6. The molecule has 0 radical (unpaired) electrons. The zero-order chi connectivity index (χ0) is 35.7. The molecular formula is C38H41Cl2N5O5. The quantitative estimate of drug-likeness (QED) is 0.111. The molecule has 0 unspecified atom stereocenters. The molecule has 0 saturated carbocycles. The number of carbonyl (C=O) groups is 2. The number of fused-ring (bicyclic) bond motifs is 1. The molecule has 2 N–H and O–H groups in total. The Labute approximate surface area is 301 Å². The molecule has 1 fully saturated rings. The van der Waals surface area contributed by atoms with E-state index in [2.05, 4.69) is 20.3 Å². The van der Waals surface area contributed by atoms with Gasteiger partial charge in [-0.3, -0.25) is 9.48 Å². The summed E-state index contributed by atoms with van der Waals surface area (Å²) < 4.78 is 18.5. The van der Waals surface area contributed by atoms with E-state index in [4.69, 9.17) is 37.4 Å². The highest BCUT2D eigenvalue weighted by molar-refractivity contribution is 6.35. The first-order valence-electron chi connectivity index (χ1n) is 16.6. The van der Waals surface area contributed by atoms with Gasteiger partial charge in [-0.1, -0.05) is 29.3 Å². The van der Waals surface area contributed by atoms with Crippen LogP contribution in [0.5, 0.6) is 5.75 Å². The zero-order valence-electron chi connectivity index (χ0n) is 29.1. The number of amides is 1. The lowest BCUT2D eigenvalue weighted by atomic mass is 9.98. The number of halogens is 2. The Bertz CT molecular complexity index is 2070. The van der Waals surface area contributed by atoms with E-state index in [9.17, 15) is 9.59 Å². The van der Waals surface area contributed by atoms with E-state index in [0.717, 1.165) is 60.9 Å². The molecular weight excluding hydrogens is 677 g/mol. The van der Waals surface area contributed by atoms with Crippen molar-refractivity contribution in [1.29, 1.82) is 0 Å². The molecule has 1 aliphatic rings. The predicted molar refractivity (Wildman–Crippen MR) is 198 cm³/mol. The van der Waals surface area contributed by atoms with E-state index in [-0.39, 0.29) is 5.91 Å². The molecule has 0 spiro atoms. The highest BCUT2D eigenvalue weighted by atomic mass is 35.5. The normalized spacial score (nSPS) is 13.2. The van der Waals surface area contributed by atoms with Crippen LogP contribution < -0.4 is 15.0 Å². The van der Waals surface area contributed by atoms with Gasteiger partial charge in [-0.15, -0.1) is 0 Å². The molecule has 3 heterocycles. The van der Waals surface area contributed by atoms with Gasteiger partial charge in [0.15, 0.2) is 0 Å². The average Bonchev–Trinajstić information content (AvgIpc) is 3.60. The van der Waals surface area contributed by atoms with Gasteiger partial charge in [0.25, 0.3) is 5.91 Å². The molecule has 3 aromatic carbocycles. The van der Waals surface area contributed by atoms with Gasteiger partial charge in [0.2, 0.25) is 0 Å². The Hall–Kier alpha value is -4.51. The smallest absolute Gasteiger partial charge is 0.339 e. The minimum absolute atomic E-state index is 0.318. The molecule has 12 heteroatoms. The maximum Gasteiger partial charge on any atom is 0.339 e. The summed E-state index contributed by atoms with van der Waals surface area (Å²) >= 11 is 13.3. The van der Waals surface area contributed by atoms with E-state index < -0.39 is 5.97 Å². The summed E-state index contributed by atoms with van der Waals surface area (Å²) in [6.07, 6.45) is 1.20. The fourth-order valence-electron chi connectivity index (χ4n) is 6.71. The maximum atomic E-state index is 14.2. The van der Waals surface area contributed by atoms with Gasteiger partial charge >= 0.3 is 5.97 Å². The van der Waals surface area contributed by atoms with E-state index in [0.29, 0.717) is 73.4 Å².